The number of halogens is 3. The largest absolute Gasteiger partial charge is 0.444 e. The second-order valence-electron chi connectivity index (χ2n) is 9.40. The minimum atomic E-state index is -4.24. The van der Waals surface area contributed by atoms with E-state index in [1.54, 1.807) is 22.6 Å². The molecule has 170 valence electrons. The number of aromatic nitrogens is 1. The molecule has 1 aromatic heterocycles. The van der Waals surface area contributed by atoms with Crippen molar-refractivity contribution in [3.63, 3.8) is 0 Å². The summed E-state index contributed by atoms with van der Waals surface area (Å²) < 4.78 is 45.7. The molecule has 0 saturated carbocycles. The summed E-state index contributed by atoms with van der Waals surface area (Å²) in [5, 5.41) is 0.793. The van der Waals surface area contributed by atoms with Gasteiger partial charge in [0.2, 0.25) is 0 Å². The fourth-order valence-electron chi connectivity index (χ4n) is 4.16. The quantitative estimate of drug-likeness (QED) is 0.469. The van der Waals surface area contributed by atoms with E-state index in [-0.39, 0.29) is 11.8 Å². The molecule has 0 radical (unpaired) electrons. The highest BCUT2D eigenvalue weighted by molar-refractivity contribution is 5.86. The molecule has 2 aromatic carbocycles. The van der Waals surface area contributed by atoms with E-state index >= 15 is 0 Å². The lowest BCUT2D eigenvalue weighted by atomic mass is 9.94. The second-order valence-corrected chi connectivity index (χ2v) is 9.40. The standard InChI is InChI=1S/C25H27F3N2O2/c1-24(2,3)32-23(31)30-10-9-18-11-16(6-8-20(18)15-30)17-5-7-19-12-21(14-25(26,27)28)29(4)22(19)13-17/h5-8,11-13H,9-10,14-15H2,1-4H3. The van der Waals surface area contributed by atoms with Crippen molar-refractivity contribution in [2.24, 2.45) is 7.05 Å². The predicted molar refractivity (Wildman–Crippen MR) is 118 cm³/mol. The van der Waals surface area contributed by atoms with Crippen molar-refractivity contribution in [3.05, 3.63) is 59.3 Å². The summed E-state index contributed by atoms with van der Waals surface area (Å²) >= 11 is 0. The summed E-state index contributed by atoms with van der Waals surface area (Å²) in [5.41, 5.74) is 4.71. The van der Waals surface area contributed by atoms with E-state index in [9.17, 15) is 18.0 Å². The summed E-state index contributed by atoms with van der Waals surface area (Å²) in [6.07, 6.45) is -4.77. The Balaban J connectivity index is 1.58. The highest BCUT2D eigenvalue weighted by Crippen LogP contribution is 2.31. The van der Waals surface area contributed by atoms with Crippen LogP contribution in [-0.2, 0) is 31.2 Å². The van der Waals surface area contributed by atoms with Crippen molar-refractivity contribution in [1.29, 1.82) is 0 Å². The Morgan fingerprint density at radius 3 is 2.38 bits per heavy atom. The lowest BCUT2D eigenvalue weighted by Crippen LogP contribution is -2.39. The number of amides is 1. The van der Waals surface area contributed by atoms with Crippen molar-refractivity contribution >= 4 is 17.0 Å². The molecule has 1 amide bonds. The first-order valence-electron chi connectivity index (χ1n) is 10.6. The number of hydrogen-bond acceptors (Lipinski definition) is 2. The number of rotatable bonds is 2. The third kappa shape index (κ3) is 4.76. The number of fused-ring (bicyclic) bond motifs is 2. The highest BCUT2D eigenvalue weighted by atomic mass is 19.4. The van der Waals surface area contributed by atoms with E-state index in [0.717, 1.165) is 34.0 Å². The molecule has 0 N–H and O–H groups in total. The van der Waals surface area contributed by atoms with Crippen LogP contribution in [0, 0.1) is 0 Å². The molecule has 0 saturated heterocycles. The van der Waals surface area contributed by atoms with E-state index < -0.39 is 18.2 Å². The molecule has 4 rings (SSSR count). The summed E-state index contributed by atoms with van der Waals surface area (Å²) in [7, 11) is 1.67. The van der Waals surface area contributed by atoms with Crippen LogP contribution in [0.4, 0.5) is 18.0 Å². The maximum Gasteiger partial charge on any atom is 0.410 e. The van der Waals surface area contributed by atoms with Crippen molar-refractivity contribution < 1.29 is 22.7 Å². The Kier molecular flexibility index (Phi) is 5.47. The molecule has 2 heterocycles. The Morgan fingerprint density at radius 1 is 1.00 bits per heavy atom. The van der Waals surface area contributed by atoms with Crippen LogP contribution in [0.5, 0.6) is 0 Å². The van der Waals surface area contributed by atoms with Crippen molar-refractivity contribution in [2.75, 3.05) is 6.54 Å². The van der Waals surface area contributed by atoms with Crippen LogP contribution in [0.3, 0.4) is 0 Å². The molecule has 4 nitrogen and oxygen atoms in total. The smallest absolute Gasteiger partial charge is 0.410 e. The third-order valence-electron chi connectivity index (χ3n) is 5.73. The number of aryl methyl sites for hydroxylation is 1. The maximum absolute atomic E-state index is 12.9. The van der Waals surface area contributed by atoms with Crippen molar-refractivity contribution in [1.82, 2.24) is 9.47 Å². The topological polar surface area (TPSA) is 34.5 Å². The normalized spacial score (nSPS) is 14.5. The van der Waals surface area contributed by atoms with Crippen LogP contribution in [0.2, 0.25) is 0 Å². The zero-order valence-electron chi connectivity index (χ0n) is 18.7. The lowest BCUT2D eigenvalue weighted by Gasteiger charge is -2.31. The first kappa shape index (κ1) is 22.2. The van der Waals surface area contributed by atoms with Gasteiger partial charge < -0.3 is 14.2 Å². The van der Waals surface area contributed by atoms with Crippen LogP contribution >= 0.6 is 0 Å². The van der Waals surface area contributed by atoms with Crippen molar-refractivity contribution in [3.8, 4) is 11.1 Å². The number of nitrogens with zero attached hydrogens (tertiary/aromatic N) is 2. The molecule has 3 aromatic rings. The highest BCUT2D eigenvalue weighted by Gasteiger charge is 2.29. The summed E-state index contributed by atoms with van der Waals surface area (Å²) in [6, 6.07) is 13.5. The van der Waals surface area contributed by atoms with Crippen LogP contribution in [0.25, 0.3) is 22.0 Å². The summed E-state index contributed by atoms with van der Waals surface area (Å²) in [5.74, 6) is 0. The van der Waals surface area contributed by atoms with Gasteiger partial charge in [0.25, 0.3) is 0 Å². The van der Waals surface area contributed by atoms with Gasteiger partial charge in [-0.15, -0.1) is 0 Å². The number of carbonyl (C=O) groups is 1. The summed E-state index contributed by atoms with van der Waals surface area (Å²) in [6.45, 7) is 6.64. The molecule has 7 heteroatoms. The van der Waals surface area contributed by atoms with E-state index in [4.69, 9.17) is 4.74 Å². The molecule has 0 aliphatic carbocycles. The third-order valence-corrected chi connectivity index (χ3v) is 5.73. The van der Waals surface area contributed by atoms with Crippen molar-refractivity contribution in [2.45, 2.75) is 51.9 Å². The number of hydrogen-bond donors (Lipinski definition) is 0. The Labute approximate surface area is 185 Å². The van der Waals surface area contributed by atoms with Gasteiger partial charge in [0, 0.05) is 31.3 Å². The zero-order chi connectivity index (χ0) is 23.3. The van der Waals surface area contributed by atoms with Gasteiger partial charge in [-0.3, -0.25) is 0 Å². The molecule has 0 atom stereocenters. The minimum Gasteiger partial charge on any atom is -0.444 e. The van der Waals surface area contributed by atoms with Gasteiger partial charge in [-0.25, -0.2) is 4.79 Å². The van der Waals surface area contributed by atoms with E-state index in [2.05, 4.69) is 6.07 Å². The van der Waals surface area contributed by atoms with Gasteiger partial charge in [-0.05, 0) is 67.0 Å². The number of alkyl halides is 3. The Bertz CT molecular complexity index is 1170. The van der Waals surface area contributed by atoms with Crippen LogP contribution in [0.15, 0.2) is 42.5 Å². The fourth-order valence-corrected chi connectivity index (χ4v) is 4.16. The summed E-state index contributed by atoms with van der Waals surface area (Å²) in [4.78, 5) is 14.1. The molecule has 1 aliphatic heterocycles. The Hall–Kier alpha value is -2.96. The molecule has 0 bridgehead atoms. The Morgan fingerprint density at radius 2 is 1.69 bits per heavy atom. The number of ether oxygens (including phenoxy) is 1. The van der Waals surface area contributed by atoms with E-state index in [0.29, 0.717) is 13.1 Å². The lowest BCUT2D eigenvalue weighted by molar-refractivity contribution is -0.128. The predicted octanol–water partition coefficient (Wildman–Crippen LogP) is 6.24. The van der Waals surface area contributed by atoms with Gasteiger partial charge in [-0.1, -0.05) is 30.3 Å². The molecular formula is C25H27F3N2O2. The molecular weight excluding hydrogens is 417 g/mol. The molecule has 0 fully saturated rings. The average molecular weight is 444 g/mol. The molecule has 32 heavy (non-hydrogen) atoms. The minimum absolute atomic E-state index is 0.248. The van der Waals surface area contributed by atoms with Crippen LogP contribution in [-0.4, -0.2) is 33.9 Å². The van der Waals surface area contributed by atoms with E-state index in [1.165, 1.54) is 5.56 Å². The van der Waals surface area contributed by atoms with Gasteiger partial charge in [0.15, 0.2) is 0 Å². The number of carbonyl (C=O) groups excluding carboxylic acids is 1. The first-order valence-corrected chi connectivity index (χ1v) is 10.6. The van der Waals surface area contributed by atoms with Crippen LogP contribution < -0.4 is 0 Å². The molecule has 1 aliphatic rings. The van der Waals surface area contributed by atoms with Gasteiger partial charge in [-0.2, -0.15) is 13.2 Å². The average Bonchev–Trinajstić information content (AvgIpc) is 2.99. The monoisotopic (exact) mass is 444 g/mol. The maximum atomic E-state index is 12.9. The SMILES string of the molecule is Cn1c(CC(F)(F)F)cc2ccc(-c3ccc4c(c3)CCN(C(=O)OC(C)(C)C)C4)cc21. The number of benzene rings is 2. The van der Waals surface area contributed by atoms with Gasteiger partial charge >= 0.3 is 12.3 Å². The van der Waals surface area contributed by atoms with Crippen LogP contribution in [0.1, 0.15) is 37.6 Å². The fraction of sp³-hybridized carbons (Fsp3) is 0.400. The first-order chi connectivity index (χ1) is 14.9. The van der Waals surface area contributed by atoms with Gasteiger partial charge in [0.1, 0.15) is 5.60 Å². The molecule has 0 spiro atoms. The van der Waals surface area contributed by atoms with E-state index in [1.807, 2.05) is 51.1 Å². The van der Waals surface area contributed by atoms with Gasteiger partial charge in [0.05, 0.1) is 6.42 Å². The second kappa shape index (κ2) is 7.87. The zero-order valence-corrected chi connectivity index (χ0v) is 18.7. The molecule has 0 unspecified atom stereocenters.